The summed E-state index contributed by atoms with van der Waals surface area (Å²) in [5.41, 5.74) is 24.8. The smallest absolute Gasteiger partial charge is 0.326 e. The van der Waals surface area contributed by atoms with Gasteiger partial charge in [-0.2, -0.15) is 0 Å². The number of likely N-dealkylation sites (tertiary alicyclic amines) is 1. The predicted molar refractivity (Wildman–Crippen MR) is 299 cm³/mol. The number of para-hydroxylation sites is 2. The molecule has 0 saturated carbocycles. The molecule has 0 unspecified atom stereocenters. The predicted octanol–water partition coefficient (Wildman–Crippen LogP) is -2.12. The minimum absolute atomic E-state index is 0.0480. The molecule has 8 atom stereocenters. The van der Waals surface area contributed by atoms with Crippen LogP contribution in [0.15, 0.2) is 65.9 Å². The fourth-order valence-corrected chi connectivity index (χ4v) is 9.56. The number of nitrogens with zero attached hydrogens (tertiary/aromatic N) is 2. The highest BCUT2D eigenvalue weighted by Gasteiger charge is 2.41. The number of aromatic amines is 2. The zero-order valence-electron chi connectivity index (χ0n) is 45.9. The Hall–Kier alpha value is -8.59. The Morgan fingerprint density at radius 1 is 0.667 bits per heavy atom. The molecule has 1 aliphatic rings. The molecule has 5 rings (SSSR count). The average Bonchev–Trinajstić information content (AvgIpc) is 4.42. The van der Waals surface area contributed by atoms with Crippen LogP contribution in [0.4, 0.5) is 0 Å². The number of rotatable bonds is 31. The van der Waals surface area contributed by atoms with Crippen LogP contribution in [0.1, 0.15) is 83.8 Å². The zero-order chi connectivity index (χ0) is 59.5. The molecule has 0 radical (unpaired) electrons. The average molecular weight is 1130 g/mol. The molecule has 1 fully saturated rings. The number of carboxylic acids is 1. The molecule has 1 aliphatic heterocycles. The second-order valence-corrected chi connectivity index (χ2v) is 20.8. The van der Waals surface area contributed by atoms with Crippen molar-refractivity contribution in [3.63, 3.8) is 0 Å². The molecule has 3 heterocycles. The number of carboxylic acid groups (broad SMARTS) is 1. The van der Waals surface area contributed by atoms with Crippen LogP contribution in [0.2, 0.25) is 0 Å². The highest BCUT2D eigenvalue weighted by molar-refractivity contribution is 5.99. The van der Waals surface area contributed by atoms with Gasteiger partial charge in [-0.25, -0.2) is 4.79 Å². The van der Waals surface area contributed by atoms with Gasteiger partial charge in [0.15, 0.2) is 5.96 Å². The summed E-state index contributed by atoms with van der Waals surface area (Å²) in [4.78, 5) is 148. The van der Waals surface area contributed by atoms with Crippen molar-refractivity contribution in [3.05, 3.63) is 72.1 Å². The van der Waals surface area contributed by atoms with Crippen LogP contribution in [0.25, 0.3) is 21.8 Å². The van der Waals surface area contributed by atoms with E-state index in [1.54, 1.807) is 64.4 Å². The molecule has 0 aliphatic carbocycles. The molecule has 81 heavy (non-hydrogen) atoms. The van der Waals surface area contributed by atoms with E-state index in [0.29, 0.717) is 28.5 Å². The number of aliphatic hydroxyl groups is 1. The van der Waals surface area contributed by atoms with Crippen molar-refractivity contribution < 1.29 is 58.2 Å². The van der Waals surface area contributed by atoms with Crippen LogP contribution < -0.4 is 60.2 Å². The van der Waals surface area contributed by atoms with Gasteiger partial charge in [0.1, 0.15) is 48.3 Å². The number of aliphatic carboxylic acids is 1. The summed E-state index contributed by atoms with van der Waals surface area (Å²) in [6, 6.07) is 3.50. The monoisotopic (exact) mass is 1130 g/mol. The number of aliphatic hydroxyl groups excluding tert-OH is 1. The maximum atomic E-state index is 15.0. The van der Waals surface area contributed by atoms with E-state index in [1.807, 2.05) is 24.3 Å². The summed E-state index contributed by atoms with van der Waals surface area (Å²) in [7, 11) is 0. The standard InChI is InChI=1S/C54H77N15O12/c1-28(2)21-40(53(80)81)66-49(76)41(27-70)67-51(78)45(29(3)4)68-47(74)37(17-18-43(56)71)63-48(75)38(22-30-25-60-34-13-7-5-11-32(30)34)64-50(77)42-16-10-20-69(42)52(79)39(23-31-26-61-35-14-8-6-12-33(31)35)65-46(73)36(62-44(72)24-55)15-9-19-59-54(57)58/h5-8,11-14,25-26,28-29,36-42,45,60-61,70H,9-10,15-24,27,55H2,1-4H3,(H2,56,71)(H,62,72)(H,63,75)(H,64,77)(H,65,73)(H,66,76)(H,67,78)(H,68,74)(H,80,81)(H4,57,58,59)/t36-,37-,38-,39-,40-,41-,42-,45-/m0/s1. The van der Waals surface area contributed by atoms with Crippen LogP contribution in [0, 0.1) is 11.8 Å². The third kappa shape index (κ3) is 18.2. The van der Waals surface area contributed by atoms with Gasteiger partial charge in [-0.3, -0.25) is 48.1 Å². The third-order valence-electron chi connectivity index (χ3n) is 13.8. The fourth-order valence-electron chi connectivity index (χ4n) is 9.56. The first-order valence-corrected chi connectivity index (χ1v) is 26.9. The number of guanidine groups is 1. The Morgan fingerprint density at radius 3 is 1.75 bits per heavy atom. The lowest BCUT2D eigenvalue weighted by Gasteiger charge is -2.31. The lowest BCUT2D eigenvalue weighted by atomic mass is 10.00. The minimum atomic E-state index is -1.62. The van der Waals surface area contributed by atoms with Crippen molar-refractivity contribution in [2.75, 3.05) is 26.2 Å². The molecule has 27 nitrogen and oxygen atoms in total. The minimum Gasteiger partial charge on any atom is -0.480 e. The molecule has 2 aromatic carbocycles. The van der Waals surface area contributed by atoms with Crippen LogP contribution in [-0.2, 0) is 60.8 Å². The zero-order valence-corrected chi connectivity index (χ0v) is 45.9. The number of carbonyl (C=O) groups excluding carboxylic acids is 9. The SMILES string of the molecule is CC(C)C[C@H](NC(=O)[C@H](CO)NC(=O)[C@@H](NC(=O)[C@H](CCC(N)=O)NC(=O)[C@H](Cc1c[nH]c2ccccc12)NC(=O)[C@@H]1CCCN1C(=O)[C@H](Cc1c[nH]c2ccccc12)NC(=O)[C@H](CCCN=C(N)N)NC(=O)CN)C(C)C)C(=O)O. The largest absolute Gasteiger partial charge is 0.480 e. The van der Waals surface area contributed by atoms with Gasteiger partial charge < -0.3 is 85.2 Å². The second kappa shape index (κ2) is 30.1. The Labute approximate surface area is 467 Å². The number of carbonyl (C=O) groups is 10. The number of nitrogens with two attached hydrogens (primary N) is 4. The number of hydrogen-bond acceptors (Lipinski definition) is 13. The van der Waals surface area contributed by atoms with Gasteiger partial charge in [-0.05, 0) is 73.6 Å². The lowest BCUT2D eigenvalue weighted by Crippen LogP contribution is -2.61. The van der Waals surface area contributed by atoms with Crippen LogP contribution >= 0.6 is 0 Å². The van der Waals surface area contributed by atoms with E-state index in [1.165, 1.54) is 4.90 Å². The van der Waals surface area contributed by atoms with Crippen molar-refractivity contribution in [3.8, 4) is 0 Å². The number of nitrogens with one attached hydrogen (secondary N) is 9. The number of benzene rings is 2. The van der Waals surface area contributed by atoms with Gasteiger partial charge >= 0.3 is 5.97 Å². The molecular weight excluding hydrogens is 1050 g/mol. The van der Waals surface area contributed by atoms with Gasteiger partial charge in [-0.1, -0.05) is 64.1 Å². The molecule has 1 saturated heterocycles. The highest BCUT2D eigenvalue weighted by atomic mass is 16.4. The molecule has 9 amide bonds. The van der Waals surface area contributed by atoms with E-state index in [4.69, 9.17) is 22.9 Å². The first-order valence-electron chi connectivity index (χ1n) is 26.9. The molecule has 0 spiro atoms. The molecule has 0 bridgehead atoms. The number of fused-ring (bicyclic) bond motifs is 2. The van der Waals surface area contributed by atoms with Crippen LogP contribution in [-0.4, -0.2) is 165 Å². The Balaban J connectivity index is 1.42. The van der Waals surface area contributed by atoms with E-state index in [2.05, 4.69) is 52.2 Å². The normalized spacial score (nSPS) is 15.8. The van der Waals surface area contributed by atoms with Crippen molar-refractivity contribution in [1.29, 1.82) is 0 Å². The molecule has 2 aromatic heterocycles. The lowest BCUT2D eigenvalue weighted by molar-refractivity contribution is -0.143. The molecule has 440 valence electrons. The van der Waals surface area contributed by atoms with E-state index < -0.39 is 133 Å². The molecule has 19 N–H and O–H groups in total. The molecular formula is C54H77N15O12. The van der Waals surface area contributed by atoms with Crippen molar-refractivity contribution >= 4 is 86.9 Å². The van der Waals surface area contributed by atoms with Gasteiger partial charge in [0.25, 0.3) is 0 Å². The number of hydrogen-bond donors (Lipinski definition) is 15. The van der Waals surface area contributed by atoms with Gasteiger partial charge in [0, 0.05) is 66.6 Å². The number of amides is 9. The third-order valence-corrected chi connectivity index (χ3v) is 13.8. The summed E-state index contributed by atoms with van der Waals surface area (Å²) < 4.78 is 0. The summed E-state index contributed by atoms with van der Waals surface area (Å²) in [5.74, 6) is -9.65. The van der Waals surface area contributed by atoms with Crippen molar-refractivity contribution in [2.45, 2.75) is 134 Å². The molecule has 4 aromatic rings. The van der Waals surface area contributed by atoms with Gasteiger partial charge in [-0.15, -0.1) is 0 Å². The number of H-pyrrole nitrogens is 2. The van der Waals surface area contributed by atoms with Crippen molar-refractivity contribution in [2.24, 2.45) is 39.8 Å². The second-order valence-electron chi connectivity index (χ2n) is 20.8. The van der Waals surface area contributed by atoms with Crippen molar-refractivity contribution in [1.82, 2.24) is 52.1 Å². The quantitative estimate of drug-likeness (QED) is 0.0146. The topological polar surface area (TPSA) is 447 Å². The van der Waals surface area contributed by atoms with E-state index in [-0.39, 0.29) is 69.9 Å². The van der Waals surface area contributed by atoms with E-state index >= 15 is 0 Å². The van der Waals surface area contributed by atoms with E-state index in [9.17, 15) is 58.2 Å². The maximum Gasteiger partial charge on any atom is 0.326 e. The Morgan fingerprint density at radius 2 is 1.20 bits per heavy atom. The summed E-state index contributed by atoms with van der Waals surface area (Å²) >= 11 is 0. The summed E-state index contributed by atoms with van der Waals surface area (Å²) in [5, 5.41) is 39.3. The number of primary amides is 1. The Bertz CT molecular complexity index is 2920. The first-order chi connectivity index (χ1) is 38.5. The van der Waals surface area contributed by atoms with Gasteiger partial charge in [0.05, 0.1) is 13.2 Å². The summed E-state index contributed by atoms with van der Waals surface area (Å²) in [6.07, 6.45) is 3.24. The van der Waals surface area contributed by atoms with Crippen LogP contribution in [0.3, 0.4) is 0 Å². The summed E-state index contributed by atoms with van der Waals surface area (Å²) in [6.45, 7) is 5.50. The number of aliphatic imine (C=N–C) groups is 1. The maximum absolute atomic E-state index is 15.0. The number of aromatic nitrogens is 2. The van der Waals surface area contributed by atoms with Gasteiger partial charge in [0.2, 0.25) is 53.2 Å². The molecule has 27 heteroatoms. The fraction of sp³-hybridized carbons (Fsp3) is 0.500. The van der Waals surface area contributed by atoms with E-state index in [0.717, 1.165) is 10.9 Å². The Kier molecular flexibility index (Phi) is 23.5. The highest BCUT2D eigenvalue weighted by Crippen LogP contribution is 2.25. The van der Waals surface area contributed by atoms with Crippen LogP contribution in [0.5, 0.6) is 0 Å². The first kappa shape index (κ1) is 63.2.